The Morgan fingerprint density at radius 1 is 1.11 bits per heavy atom. The first-order chi connectivity index (χ1) is 8.90. The topological polar surface area (TPSA) is 0 Å². The molecular formula is C14H9BrClF2I. The van der Waals surface area contributed by atoms with Gasteiger partial charge >= 0.3 is 0 Å². The van der Waals surface area contributed by atoms with Crippen LogP contribution in [0.3, 0.4) is 0 Å². The van der Waals surface area contributed by atoms with Crippen molar-refractivity contribution in [3.8, 4) is 0 Å². The molecule has 5 heteroatoms. The number of halogens is 5. The molecule has 19 heavy (non-hydrogen) atoms. The van der Waals surface area contributed by atoms with Crippen LogP contribution in [0.4, 0.5) is 8.78 Å². The van der Waals surface area contributed by atoms with Crippen LogP contribution in [-0.2, 0) is 0 Å². The van der Waals surface area contributed by atoms with Crippen LogP contribution in [0.25, 0.3) is 0 Å². The third-order valence-electron chi connectivity index (χ3n) is 2.78. The Hall–Kier alpha value is -0.200. The second kappa shape index (κ2) is 6.06. The Morgan fingerprint density at radius 2 is 1.79 bits per heavy atom. The third kappa shape index (κ3) is 3.28. The molecule has 0 aliphatic heterocycles. The maximum Gasteiger partial charge on any atom is 0.131 e. The molecule has 0 aliphatic carbocycles. The van der Waals surface area contributed by atoms with Crippen LogP contribution in [-0.4, -0.2) is 0 Å². The highest BCUT2D eigenvalue weighted by Crippen LogP contribution is 2.35. The van der Waals surface area contributed by atoms with E-state index in [0.717, 1.165) is 19.7 Å². The van der Waals surface area contributed by atoms with Gasteiger partial charge in [0.05, 0.1) is 5.38 Å². The van der Waals surface area contributed by atoms with Gasteiger partial charge in [0.15, 0.2) is 0 Å². The van der Waals surface area contributed by atoms with Crippen molar-refractivity contribution < 1.29 is 8.78 Å². The normalized spacial score (nSPS) is 12.5. The van der Waals surface area contributed by atoms with E-state index >= 15 is 0 Å². The van der Waals surface area contributed by atoms with E-state index in [1.807, 2.05) is 18.2 Å². The average molecular weight is 457 g/mol. The minimum absolute atomic E-state index is 0.289. The van der Waals surface area contributed by atoms with Crippen LogP contribution in [0.2, 0.25) is 0 Å². The molecule has 0 heterocycles. The Labute approximate surface area is 137 Å². The molecule has 100 valence electrons. The zero-order valence-corrected chi connectivity index (χ0v) is 14.4. The van der Waals surface area contributed by atoms with Gasteiger partial charge < -0.3 is 0 Å². The summed E-state index contributed by atoms with van der Waals surface area (Å²) in [6.45, 7) is 1.59. The van der Waals surface area contributed by atoms with Gasteiger partial charge in [-0.2, -0.15) is 0 Å². The summed E-state index contributed by atoms with van der Waals surface area (Å²) in [5.74, 6) is -1.19. The van der Waals surface area contributed by atoms with Crippen LogP contribution in [0.15, 0.2) is 34.8 Å². The molecule has 1 unspecified atom stereocenters. The maximum atomic E-state index is 13.9. The molecule has 1 atom stereocenters. The lowest BCUT2D eigenvalue weighted by atomic mass is 10.0. The van der Waals surface area contributed by atoms with Crippen molar-refractivity contribution in [2.75, 3.05) is 0 Å². The molecule has 2 aromatic carbocycles. The molecule has 0 spiro atoms. The lowest BCUT2D eigenvalue weighted by Gasteiger charge is -2.15. The summed E-state index contributed by atoms with van der Waals surface area (Å²) in [4.78, 5) is 0. The zero-order chi connectivity index (χ0) is 14.2. The largest absolute Gasteiger partial charge is 0.207 e. The summed E-state index contributed by atoms with van der Waals surface area (Å²) in [6.07, 6.45) is 0. The van der Waals surface area contributed by atoms with E-state index in [-0.39, 0.29) is 5.56 Å². The molecule has 0 radical (unpaired) electrons. The van der Waals surface area contributed by atoms with Crippen LogP contribution in [0.1, 0.15) is 22.1 Å². The number of aryl methyl sites for hydroxylation is 1. The Balaban J connectivity index is 2.52. The van der Waals surface area contributed by atoms with Crippen molar-refractivity contribution in [3.05, 3.63) is 66.7 Å². The van der Waals surface area contributed by atoms with Gasteiger partial charge in [0.25, 0.3) is 0 Å². The van der Waals surface area contributed by atoms with Gasteiger partial charge in [-0.15, -0.1) is 11.6 Å². The summed E-state index contributed by atoms with van der Waals surface area (Å²) in [6, 6.07) is 7.96. The van der Waals surface area contributed by atoms with Crippen molar-refractivity contribution in [3.63, 3.8) is 0 Å². The highest BCUT2D eigenvalue weighted by Gasteiger charge is 2.19. The van der Waals surface area contributed by atoms with Gasteiger partial charge in [-0.1, -0.05) is 15.9 Å². The van der Waals surface area contributed by atoms with E-state index in [9.17, 15) is 8.78 Å². The van der Waals surface area contributed by atoms with Crippen LogP contribution in [0, 0.1) is 22.1 Å². The van der Waals surface area contributed by atoms with E-state index in [4.69, 9.17) is 11.6 Å². The lowest BCUT2D eigenvalue weighted by molar-refractivity contribution is 0.568. The minimum atomic E-state index is -0.649. The maximum absolute atomic E-state index is 13.9. The summed E-state index contributed by atoms with van der Waals surface area (Å²) >= 11 is 11.9. The summed E-state index contributed by atoms with van der Waals surface area (Å²) < 4.78 is 28.9. The third-order valence-corrected chi connectivity index (χ3v) is 4.73. The molecule has 2 aromatic rings. The first-order valence-electron chi connectivity index (χ1n) is 5.44. The standard InChI is InChI=1S/C14H9BrClF2I/c1-7-4-9(12(18)6-11(7)17)14(16)10-5-8(15)2-3-13(10)19/h2-6,14H,1H3. The Bertz CT molecular complexity index is 631. The van der Waals surface area contributed by atoms with Gasteiger partial charge in [0, 0.05) is 19.7 Å². The number of hydrogen-bond acceptors (Lipinski definition) is 0. The van der Waals surface area contributed by atoms with E-state index < -0.39 is 17.0 Å². The molecule has 0 aromatic heterocycles. The minimum Gasteiger partial charge on any atom is -0.207 e. The predicted molar refractivity (Wildman–Crippen MR) is 85.7 cm³/mol. The molecule has 0 nitrogen and oxygen atoms in total. The van der Waals surface area contributed by atoms with Gasteiger partial charge in [0.2, 0.25) is 0 Å². The summed E-state index contributed by atoms with van der Waals surface area (Å²) in [5, 5.41) is -0.649. The molecule has 0 amide bonds. The number of benzene rings is 2. The van der Waals surface area contributed by atoms with Gasteiger partial charge in [-0.3, -0.25) is 0 Å². The molecule has 0 saturated carbocycles. The SMILES string of the molecule is Cc1cc(C(Cl)c2cc(Br)ccc2I)c(F)cc1F. The van der Waals surface area contributed by atoms with Crippen LogP contribution >= 0.6 is 50.1 Å². The van der Waals surface area contributed by atoms with E-state index in [2.05, 4.69) is 38.5 Å². The second-order valence-corrected chi connectivity index (χ2v) is 6.67. The second-order valence-electron chi connectivity index (χ2n) is 4.15. The fraction of sp³-hybridized carbons (Fsp3) is 0.143. The molecule has 0 bridgehead atoms. The van der Waals surface area contributed by atoms with Crippen LogP contribution in [0.5, 0.6) is 0 Å². The first kappa shape index (κ1) is 15.2. The summed E-state index contributed by atoms with van der Waals surface area (Å²) in [5.41, 5.74) is 1.46. The van der Waals surface area contributed by atoms with E-state index in [0.29, 0.717) is 5.56 Å². The zero-order valence-electron chi connectivity index (χ0n) is 9.85. The number of alkyl halides is 1. The molecule has 0 saturated heterocycles. The van der Waals surface area contributed by atoms with Gasteiger partial charge in [-0.25, -0.2) is 8.78 Å². The smallest absolute Gasteiger partial charge is 0.131 e. The quantitative estimate of drug-likeness (QED) is 0.385. The van der Waals surface area contributed by atoms with Crippen LogP contribution < -0.4 is 0 Å². The molecule has 0 aliphatic rings. The van der Waals surface area contributed by atoms with Crippen molar-refractivity contribution in [1.82, 2.24) is 0 Å². The molecule has 0 fully saturated rings. The van der Waals surface area contributed by atoms with Crippen molar-refractivity contribution in [1.29, 1.82) is 0 Å². The first-order valence-corrected chi connectivity index (χ1v) is 7.75. The lowest BCUT2D eigenvalue weighted by Crippen LogP contribution is -2.01. The monoisotopic (exact) mass is 456 g/mol. The fourth-order valence-electron chi connectivity index (χ4n) is 1.75. The van der Waals surface area contributed by atoms with E-state index in [1.54, 1.807) is 6.92 Å². The predicted octanol–water partition coefficient (Wildman–Crippen LogP) is 5.97. The Morgan fingerprint density at radius 3 is 2.47 bits per heavy atom. The van der Waals surface area contributed by atoms with Crippen molar-refractivity contribution in [2.24, 2.45) is 0 Å². The molecule has 2 rings (SSSR count). The molecular weight excluding hydrogens is 448 g/mol. The fourth-order valence-corrected chi connectivity index (χ4v) is 3.31. The van der Waals surface area contributed by atoms with Crippen molar-refractivity contribution in [2.45, 2.75) is 12.3 Å². The van der Waals surface area contributed by atoms with Gasteiger partial charge in [-0.05, 0) is 64.9 Å². The van der Waals surface area contributed by atoms with Crippen molar-refractivity contribution >= 4 is 50.1 Å². The highest BCUT2D eigenvalue weighted by molar-refractivity contribution is 14.1. The summed E-state index contributed by atoms with van der Waals surface area (Å²) in [7, 11) is 0. The average Bonchev–Trinajstić information content (AvgIpc) is 2.36. The van der Waals surface area contributed by atoms with E-state index in [1.165, 1.54) is 6.07 Å². The highest BCUT2D eigenvalue weighted by atomic mass is 127. The Kier molecular flexibility index (Phi) is 4.84. The van der Waals surface area contributed by atoms with Gasteiger partial charge in [0.1, 0.15) is 11.6 Å². The molecule has 0 N–H and O–H groups in total. The number of rotatable bonds is 2. The number of hydrogen-bond donors (Lipinski definition) is 0.